The molecule has 0 atom stereocenters. The molecule has 2 aromatic carbocycles. The van der Waals surface area contributed by atoms with Crippen LogP contribution in [-0.4, -0.2) is 23.1 Å². The number of fused-ring (bicyclic) bond motifs is 1. The molecule has 1 saturated carbocycles. The van der Waals surface area contributed by atoms with E-state index in [4.69, 9.17) is 4.74 Å². The van der Waals surface area contributed by atoms with Gasteiger partial charge in [0.1, 0.15) is 11.8 Å². The third kappa shape index (κ3) is 3.37. The van der Waals surface area contributed by atoms with E-state index in [1.807, 2.05) is 43.0 Å². The minimum atomic E-state index is 0.0975. The average molecular weight is 414 g/mol. The lowest BCUT2D eigenvalue weighted by Gasteiger charge is -2.30. The fourth-order valence-electron chi connectivity index (χ4n) is 4.78. The van der Waals surface area contributed by atoms with E-state index in [0.717, 1.165) is 59.4 Å². The first-order valence-corrected chi connectivity index (χ1v) is 11.2. The van der Waals surface area contributed by atoms with E-state index >= 15 is 0 Å². The highest BCUT2D eigenvalue weighted by molar-refractivity contribution is 5.97. The van der Waals surface area contributed by atoms with Crippen LogP contribution in [-0.2, 0) is 4.79 Å². The van der Waals surface area contributed by atoms with Gasteiger partial charge in [0, 0.05) is 36.1 Å². The molecule has 1 saturated heterocycles. The van der Waals surface area contributed by atoms with Crippen molar-refractivity contribution in [3.8, 4) is 23.1 Å². The molecular formula is C26H27N3O2. The Labute approximate surface area is 182 Å². The highest BCUT2D eigenvalue weighted by atomic mass is 16.5. The average Bonchev–Trinajstić information content (AvgIpc) is 3.28. The van der Waals surface area contributed by atoms with Crippen LogP contribution in [0.4, 0.5) is 5.69 Å². The Balaban J connectivity index is 1.65. The number of carbonyl (C=O) groups excluding carboxylic acids is 1. The maximum Gasteiger partial charge on any atom is 0.227 e. The summed E-state index contributed by atoms with van der Waals surface area (Å²) in [5.41, 5.74) is 4.70. The zero-order valence-electron chi connectivity index (χ0n) is 18.1. The molecular weight excluding hydrogens is 386 g/mol. The third-order valence-corrected chi connectivity index (χ3v) is 6.43. The number of rotatable bonds is 5. The van der Waals surface area contributed by atoms with Gasteiger partial charge in [0.25, 0.3) is 0 Å². The van der Waals surface area contributed by atoms with E-state index in [-0.39, 0.29) is 12.0 Å². The van der Waals surface area contributed by atoms with Crippen LogP contribution in [0.1, 0.15) is 57.6 Å². The number of ether oxygens (including phenoxy) is 1. The van der Waals surface area contributed by atoms with E-state index < -0.39 is 0 Å². The van der Waals surface area contributed by atoms with Crippen LogP contribution in [0.2, 0.25) is 0 Å². The normalized spacial score (nSPS) is 16.7. The molecule has 1 amide bonds. The van der Waals surface area contributed by atoms with E-state index in [2.05, 4.69) is 28.8 Å². The van der Waals surface area contributed by atoms with E-state index in [0.29, 0.717) is 18.0 Å². The molecule has 1 aliphatic heterocycles. The van der Waals surface area contributed by atoms with Crippen molar-refractivity contribution in [3.05, 3.63) is 48.0 Å². The number of amides is 1. The first-order chi connectivity index (χ1) is 15.1. The monoisotopic (exact) mass is 413 g/mol. The highest BCUT2D eigenvalue weighted by Crippen LogP contribution is 2.43. The molecule has 2 aliphatic rings. The molecule has 5 nitrogen and oxygen atoms in total. The topological polar surface area (TPSA) is 58.3 Å². The van der Waals surface area contributed by atoms with Crippen molar-refractivity contribution < 1.29 is 9.53 Å². The van der Waals surface area contributed by atoms with Gasteiger partial charge in [-0.15, -0.1) is 0 Å². The lowest BCUT2D eigenvalue weighted by molar-refractivity contribution is -0.117. The summed E-state index contributed by atoms with van der Waals surface area (Å²) >= 11 is 0. The molecule has 2 fully saturated rings. The van der Waals surface area contributed by atoms with Gasteiger partial charge in [0.2, 0.25) is 5.91 Å². The van der Waals surface area contributed by atoms with E-state index in [1.165, 1.54) is 6.42 Å². The first kappa shape index (κ1) is 19.7. The number of anilines is 1. The van der Waals surface area contributed by atoms with Gasteiger partial charge in [-0.1, -0.05) is 12.1 Å². The number of hydrogen-bond acceptors (Lipinski definition) is 3. The minimum Gasteiger partial charge on any atom is -0.491 e. The SMILES string of the molecule is CC(C)Oc1ccc2c(C#N)c(-c3ccc(N4CCCC4=O)cc3)n(C3CCC3)c2c1. The minimum absolute atomic E-state index is 0.0975. The lowest BCUT2D eigenvalue weighted by Crippen LogP contribution is -2.23. The molecule has 3 aromatic rings. The van der Waals surface area contributed by atoms with Crippen LogP contribution in [0.3, 0.4) is 0 Å². The first-order valence-electron chi connectivity index (χ1n) is 11.2. The van der Waals surface area contributed by atoms with Gasteiger partial charge in [-0.2, -0.15) is 5.26 Å². The van der Waals surface area contributed by atoms with Crippen molar-refractivity contribution in [2.75, 3.05) is 11.4 Å². The summed E-state index contributed by atoms with van der Waals surface area (Å²) in [5, 5.41) is 11.1. The Hall–Kier alpha value is -3.26. The second-order valence-electron chi connectivity index (χ2n) is 8.83. The number of hydrogen-bond donors (Lipinski definition) is 0. The Morgan fingerprint density at radius 3 is 2.45 bits per heavy atom. The second kappa shape index (κ2) is 7.77. The molecule has 5 heteroatoms. The smallest absolute Gasteiger partial charge is 0.227 e. The molecule has 0 radical (unpaired) electrons. The van der Waals surface area contributed by atoms with Crippen molar-refractivity contribution in [3.63, 3.8) is 0 Å². The molecule has 31 heavy (non-hydrogen) atoms. The van der Waals surface area contributed by atoms with Crippen LogP contribution in [0.25, 0.3) is 22.2 Å². The van der Waals surface area contributed by atoms with Gasteiger partial charge in [-0.25, -0.2) is 0 Å². The number of benzene rings is 2. The quantitative estimate of drug-likeness (QED) is 0.530. The van der Waals surface area contributed by atoms with Gasteiger partial charge >= 0.3 is 0 Å². The summed E-state index contributed by atoms with van der Waals surface area (Å²) in [5.74, 6) is 1.02. The van der Waals surface area contributed by atoms with Crippen molar-refractivity contribution in [1.29, 1.82) is 5.26 Å². The fourth-order valence-corrected chi connectivity index (χ4v) is 4.78. The third-order valence-electron chi connectivity index (χ3n) is 6.43. The summed E-state index contributed by atoms with van der Waals surface area (Å²) < 4.78 is 8.29. The standard InChI is InChI=1S/C26H27N3O2/c1-17(2)31-21-12-13-22-23(16-27)26(29(24(22)15-21)20-5-3-6-20)18-8-10-19(11-9-18)28-14-4-7-25(28)30/h8-13,15,17,20H,3-7,14H2,1-2H3. The van der Waals surface area contributed by atoms with Gasteiger partial charge in [-0.3, -0.25) is 4.79 Å². The Kier molecular flexibility index (Phi) is 4.94. The number of nitriles is 1. The molecule has 158 valence electrons. The van der Waals surface area contributed by atoms with Crippen LogP contribution in [0.15, 0.2) is 42.5 Å². The Bertz CT molecular complexity index is 1180. The summed E-state index contributed by atoms with van der Waals surface area (Å²) in [7, 11) is 0. The van der Waals surface area contributed by atoms with Gasteiger partial charge in [-0.05, 0) is 69.4 Å². The summed E-state index contributed by atoms with van der Waals surface area (Å²) in [4.78, 5) is 14.0. The summed E-state index contributed by atoms with van der Waals surface area (Å²) in [6.45, 7) is 4.82. The Morgan fingerprint density at radius 1 is 1.10 bits per heavy atom. The molecule has 0 N–H and O–H groups in total. The molecule has 1 aliphatic carbocycles. The van der Waals surface area contributed by atoms with Crippen molar-refractivity contribution in [1.82, 2.24) is 4.57 Å². The molecule has 0 unspecified atom stereocenters. The predicted molar refractivity (Wildman–Crippen MR) is 122 cm³/mol. The largest absolute Gasteiger partial charge is 0.491 e. The molecule has 1 aromatic heterocycles. The molecule has 0 spiro atoms. The highest BCUT2D eigenvalue weighted by Gasteiger charge is 2.28. The van der Waals surface area contributed by atoms with Crippen LogP contribution >= 0.6 is 0 Å². The van der Waals surface area contributed by atoms with Crippen LogP contribution in [0.5, 0.6) is 5.75 Å². The zero-order valence-corrected chi connectivity index (χ0v) is 18.1. The number of carbonyl (C=O) groups is 1. The predicted octanol–water partition coefficient (Wildman–Crippen LogP) is 5.82. The number of aromatic nitrogens is 1. The molecule has 2 heterocycles. The van der Waals surface area contributed by atoms with Crippen LogP contribution < -0.4 is 9.64 Å². The maximum atomic E-state index is 12.1. The molecule has 0 bridgehead atoms. The number of nitrogens with zero attached hydrogens (tertiary/aromatic N) is 3. The Morgan fingerprint density at radius 2 is 1.87 bits per heavy atom. The van der Waals surface area contributed by atoms with Crippen LogP contribution in [0, 0.1) is 11.3 Å². The van der Waals surface area contributed by atoms with E-state index in [9.17, 15) is 10.1 Å². The van der Waals surface area contributed by atoms with Gasteiger partial charge in [0.05, 0.1) is 22.9 Å². The van der Waals surface area contributed by atoms with E-state index in [1.54, 1.807) is 0 Å². The summed E-state index contributed by atoms with van der Waals surface area (Å²) in [6.07, 6.45) is 5.09. The summed E-state index contributed by atoms with van der Waals surface area (Å²) in [6, 6.07) is 17.0. The maximum absolute atomic E-state index is 12.1. The van der Waals surface area contributed by atoms with Gasteiger partial charge in [0.15, 0.2) is 0 Å². The van der Waals surface area contributed by atoms with Crippen molar-refractivity contribution in [2.24, 2.45) is 0 Å². The van der Waals surface area contributed by atoms with Crippen molar-refractivity contribution in [2.45, 2.75) is 58.1 Å². The zero-order chi connectivity index (χ0) is 21.5. The lowest BCUT2D eigenvalue weighted by atomic mass is 9.92. The van der Waals surface area contributed by atoms with Gasteiger partial charge < -0.3 is 14.2 Å². The second-order valence-corrected chi connectivity index (χ2v) is 8.83. The fraction of sp³-hybridized carbons (Fsp3) is 0.385. The van der Waals surface area contributed by atoms with Crippen molar-refractivity contribution >= 4 is 22.5 Å². The molecule has 5 rings (SSSR count).